The summed E-state index contributed by atoms with van der Waals surface area (Å²) in [6, 6.07) is 5.87. The Morgan fingerprint density at radius 2 is 1.85 bits per heavy atom. The van der Waals surface area contributed by atoms with Crippen LogP contribution in [0.3, 0.4) is 0 Å². The van der Waals surface area contributed by atoms with Crippen LogP contribution in [0.15, 0.2) is 30.5 Å². The maximum absolute atomic E-state index is 13.1. The predicted octanol–water partition coefficient (Wildman–Crippen LogP) is 2.70. The lowest BCUT2D eigenvalue weighted by atomic mass is 10.1. The molecule has 1 aromatic heterocycles. The third-order valence-electron chi connectivity index (χ3n) is 3.83. The molecular weight excluding hydrogens is 335 g/mol. The molecule has 0 aliphatic carbocycles. The van der Waals surface area contributed by atoms with Crippen molar-refractivity contribution in [2.75, 3.05) is 13.1 Å². The Morgan fingerprint density at radius 1 is 1.23 bits per heavy atom. The highest BCUT2D eigenvalue weighted by atomic mass is 19.1. The molecule has 26 heavy (non-hydrogen) atoms. The number of carbonyl (C=O) groups is 2. The van der Waals surface area contributed by atoms with Crippen molar-refractivity contribution >= 4 is 11.8 Å². The first-order valence-corrected chi connectivity index (χ1v) is 8.53. The Kier molecular flexibility index (Phi) is 5.79. The number of carbonyl (C=O) groups excluding carboxylic acids is 2. The van der Waals surface area contributed by atoms with Gasteiger partial charge in [0.25, 0.3) is 5.91 Å². The molecule has 0 unspecified atom stereocenters. The van der Waals surface area contributed by atoms with Crippen molar-refractivity contribution in [3.05, 3.63) is 47.5 Å². The highest BCUT2D eigenvalue weighted by molar-refractivity contribution is 5.97. The van der Waals surface area contributed by atoms with Gasteiger partial charge in [-0.2, -0.15) is 5.10 Å². The number of likely N-dealkylation sites (N-methyl/N-ethyl adjacent to an activating group) is 1. The molecule has 1 aromatic carbocycles. The summed E-state index contributed by atoms with van der Waals surface area (Å²) < 4.78 is 14.7. The van der Waals surface area contributed by atoms with Gasteiger partial charge in [0.2, 0.25) is 5.91 Å². The summed E-state index contributed by atoms with van der Waals surface area (Å²) in [6.45, 7) is 9.64. The normalized spacial score (nSPS) is 11.3. The Bertz CT molecular complexity index is 791. The van der Waals surface area contributed by atoms with Gasteiger partial charge in [0.1, 0.15) is 5.82 Å². The Balaban J connectivity index is 2.20. The molecule has 2 amide bonds. The lowest BCUT2D eigenvalue weighted by Gasteiger charge is -2.25. The van der Waals surface area contributed by atoms with E-state index < -0.39 is 0 Å². The number of nitrogens with zero attached hydrogens (tertiary/aromatic N) is 3. The zero-order valence-electron chi connectivity index (χ0n) is 15.8. The minimum Gasteiger partial charge on any atom is -0.350 e. The van der Waals surface area contributed by atoms with E-state index in [2.05, 4.69) is 10.4 Å². The second-order valence-corrected chi connectivity index (χ2v) is 7.15. The van der Waals surface area contributed by atoms with Crippen LogP contribution in [-0.4, -0.2) is 45.1 Å². The van der Waals surface area contributed by atoms with Crippen LogP contribution in [0.1, 0.15) is 43.7 Å². The average Bonchev–Trinajstić information content (AvgIpc) is 2.92. The lowest BCUT2D eigenvalue weighted by molar-refractivity contribution is -0.123. The zero-order valence-corrected chi connectivity index (χ0v) is 15.8. The van der Waals surface area contributed by atoms with Gasteiger partial charge in [-0.1, -0.05) is 0 Å². The van der Waals surface area contributed by atoms with Crippen molar-refractivity contribution in [3.63, 3.8) is 0 Å². The molecule has 1 N–H and O–H groups in total. The first-order valence-electron chi connectivity index (χ1n) is 8.53. The number of amides is 2. The van der Waals surface area contributed by atoms with Gasteiger partial charge in [-0.05, 0) is 58.9 Å². The zero-order chi connectivity index (χ0) is 19.5. The summed E-state index contributed by atoms with van der Waals surface area (Å²) in [6.07, 6.45) is 1.48. The molecule has 0 saturated carbocycles. The average molecular weight is 360 g/mol. The molecule has 1 heterocycles. The molecule has 7 heteroatoms. The van der Waals surface area contributed by atoms with Gasteiger partial charge in [-0.15, -0.1) is 0 Å². The number of aromatic nitrogens is 2. The fourth-order valence-corrected chi connectivity index (χ4v) is 2.59. The standard InChI is InChI=1S/C19H25FN4O2/c1-6-23(12-17(25)22-19(3,4)5)18(26)16-11-21-24(13(16)2)15-9-7-14(20)8-10-15/h7-11H,6,12H2,1-5H3,(H,22,25). The van der Waals surface area contributed by atoms with E-state index in [1.807, 2.05) is 27.7 Å². The van der Waals surface area contributed by atoms with Crippen LogP contribution in [0.2, 0.25) is 0 Å². The molecule has 2 rings (SSSR count). The molecule has 0 saturated heterocycles. The summed E-state index contributed by atoms with van der Waals surface area (Å²) in [4.78, 5) is 26.4. The fraction of sp³-hybridized carbons (Fsp3) is 0.421. The van der Waals surface area contributed by atoms with Gasteiger partial charge in [0, 0.05) is 12.1 Å². The van der Waals surface area contributed by atoms with E-state index in [1.54, 1.807) is 23.7 Å². The van der Waals surface area contributed by atoms with Gasteiger partial charge in [0.05, 0.1) is 29.7 Å². The molecule has 140 valence electrons. The largest absolute Gasteiger partial charge is 0.350 e. The van der Waals surface area contributed by atoms with Crippen LogP contribution in [0.4, 0.5) is 4.39 Å². The van der Waals surface area contributed by atoms with Crippen molar-refractivity contribution in [2.24, 2.45) is 0 Å². The number of rotatable bonds is 5. The van der Waals surface area contributed by atoms with Crippen molar-refractivity contribution < 1.29 is 14.0 Å². The van der Waals surface area contributed by atoms with Crippen LogP contribution in [0.25, 0.3) is 5.69 Å². The summed E-state index contributed by atoms with van der Waals surface area (Å²) >= 11 is 0. The number of halogens is 1. The van der Waals surface area contributed by atoms with E-state index in [1.165, 1.54) is 23.2 Å². The minimum atomic E-state index is -0.358. The highest BCUT2D eigenvalue weighted by Crippen LogP contribution is 2.16. The van der Waals surface area contributed by atoms with Gasteiger partial charge in [-0.25, -0.2) is 9.07 Å². The maximum Gasteiger partial charge on any atom is 0.257 e. The van der Waals surface area contributed by atoms with Crippen LogP contribution in [-0.2, 0) is 4.79 Å². The molecule has 0 aliphatic rings. The Hall–Kier alpha value is -2.70. The monoisotopic (exact) mass is 360 g/mol. The summed E-state index contributed by atoms with van der Waals surface area (Å²) in [5, 5.41) is 7.09. The van der Waals surface area contributed by atoms with E-state index in [4.69, 9.17) is 0 Å². The topological polar surface area (TPSA) is 67.2 Å². The van der Waals surface area contributed by atoms with E-state index in [0.29, 0.717) is 23.5 Å². The second-order valence-electron chi connectivity index (χ2n) is 7.15. The molecule has 0 spiro atoms. The van der Waals surface area contributed by atoms with Gasteiger partial charge in [0.15, 0.2) is 0 Å². The molecule has 0 fully saturated rings. The van der Waals surface area contributed by atoms with Gasteiger partial charge in [-0.3, -0.25) is 9.59 Å². The van der Waals surface area contributed by atoms with Gasteiger partial charge < -0.3 is 10.2 Å². The van der Waals surface area contributed by atoms with Crippen LogP contribution in [0, 0.1) is 12.7 Å². The summed E-state index contributed by atoms with van der Waals surface area (Å²) in [7, 11) is 0. The number of benzene rings is 1. The number of hydrogen-bond acceptors (Lipinski definition) is 3. The van der Waals surface area contributed by atoms with Crippen LogP contribution in [0.5, 0.6) is 0 Å². The molecule has 0 bridgehead atoms. The van der Waals surface area contributed by atoms with Crippen LogP contribution >= 0.6 is 0 Å². The third-order valence-corrected chi connectivity index (χ3v) is 3.83. The molecule has 0 aliphatic heterocycles. The van der Waals surface area contributed by atoms with Crippen molar-refractivity contribution in [2.45, 2.75) is 40.2 Å². The number of nitrogens with one attached hydrogen (secondary N) is 1. The molecule has 2 aromatic rings. The van der Waals surface area contributed by atoms with E-state index in [-0.39, 0.29) is 29.7 Å². The molecular formula is C19H25FN4O2. The first-order chi connectivity index (χ1) is 12.1. The van der Waals surface area contributed by atoms with E-state index in [0.717, 1.165) is 0 Å². The van der Waals surface area contributed by atoms with Gasteiger partial charge >= 0.3 is 0 Å². The Morgan fingerprint density at radius 3 is 2.38 bits per heavy atom. The van der Waals surface area contributed by atoms with Crippen LogP contribution < -0.4 is 5.32 Å². The molecule has 0 atom stereocenters. The summed E-state index contributed by atoms with van der Waals surface area (Å²) in [5.74, 6) is -0.810. The fourth-order valence-electron chi connectivity index (χ4n) is 2.59. The quantitative estimate of drug-likeness (QED) is 0.891. The van der Waals surface area contributed by atoms with Crippen molar-refractivity contribution in [1.29, 1.82) is 0 Å². The number of hydrogen-bond donors (Lipinski definition) is 1. The van der Waals surface area contributed by atoms with Crippen molar-refractivity contribution in [1.82, 2.24) is 20.0 Å². The lowest BCUT2D eigenvalue weighted by Crippen LogP contribution is -2.47. The van der Waals surface area contributed by atoms with Crippen molar-refractivity contribution in [3.8, 4) is 5.69 Å². The highest BCUT2D eigenvalue weighted by Gasteiger charge is 2.23. The summed E-state index contributed by atoms with van der Waals surface area (Å²) in [5.41, 5.74) is 1.36. The minimum absolute atomic E-state index is 0.0201. The molecule has 6 nitrogen and oxygen atoms in total. The first kappa shape index (κ1) is 19.6. The van der Waals surface area contributed by atoms with E-state index >= 15 is 0 Å². The van der Waals surface area contributed by atoms with E-state index in [9.17, 15) is 14.0 Å². The maximum atomic E-state index is 13.1. The predicted molar refractivity (Wildman–Crippen MR) is 97.7 cm³/mol. The molecule has 0 radical (unpaired) electrons. The SMILES string of the molecule is CCN(CC(=O)NC(C)(C)C)C(=O)c1cnn(-c2ccc(F)cc2)c1C. The second kappa shape index (κ2) is 7.68. The third kappa shape index (κ3) is 4.68. The smallest absolute Gasteiger partial charge is 0.257 e. The Labute approximate surface area is 153 Å².